The van der Waals surface area contributed by atoms with Crippen molar-refractivity contribution in [3.05, 3.63) is 64.2 Å². The summed E-state index contributed by atoms with van der Waals surface area (Å²) in [5.41, 5.74) is 2.60. The number of alkyl halides is 3. The van der Waals surface area contributed by atoms with Crippen LogP contribution in [0.2, 0.25) is 5.02 Å². The maximum atomic E-state index is 13.2. The minimum absolute atomic E-state index is 0.0632. The lowest BCUT2D eigenvalue weighted by atomic mass is 10.1. The highest BCUT2D eigenvalue weighted by molar-refractivity contribution is 7.80. The molecule has 1 saturated carbocycles. The molecular weight excluding hydrogens is 473 g/mol. The summed E-state index contributed by atoms with van der Waals surface area (Å²) in [7, 11) is 0. The van der Waals surface area contributed by atoms with E-state index in [2.05, 4.69) is 45.1 Å². The molecule has 0 saturated heterocycles. The third kappa shape index (κ3) is 6.05. The molecule has 1 aromatic carbocycles. The van der Waals surface area contributed by atoms with Crippen LogP contribution in [0.1, 0.15) is 47.7 Å². The van der Waals surface area contributed by atoms with Gasteiger partial charge in [-0.2, -0.15) is 23.4 Å². The highest BCUT2D eigenvalue weighted by Crippen LogP contribution is 2.46. The number of benzene rings is 1. The first-order chi connectivity index (χ1) is 15.7. The van der Waals surface area contributed by atoms with Crippen molar-refractivity contribution in [1.82, 2.24) is 24.9 Å². The summed E-state index contributed by atoms with van der Waals surface area (Å²) in [6, 6.07) is 8.25. The molecule has 33 heavy (non-hydrogen) atoms. The van der Waals surface area contributed by atoms with Gasteiger partial charge in [0.15, 0.2) is 10.8 Å². The summed E-state index contributed by atoms with van der Waals surface area (Å²) in [5, 5.41) is 14.4. The standard InChI is InChI=1S/C22H24ClF3N6S/c1-14-3-5-15(6-4-14)12-31-13-17(11-28-31)29-21(33)27-9-2-10-32-19(16-7-8-16)18(23)20(30-32)22(24,25)26/h3-6,11,13,16H,2,7-10,12H2,1H3,(H2,27,29,33). The van der Waals surface area contributed by atoms with Gasteiger partial charge in [-0.3, -0.25) is 9.36 Å². The van der Waals surface area contributed by atoms with Crippen LogP contribution >= 0.6 is 23.8 Å². The molecular formula is C22H24ClF3N6S. The second-order valence-electron chi connectivity index (χ2n) is 8.19. The van der Waals surface area contributed by atoms with E-state index in [1.807, 2.05) is 17.8 Å². The summed E-state index contributed by atoms with van der Waals surface area (Å²) in [6.07, 6.45) is 1.22. The quantitative estimate of drug-likeness (QED) is 0.324. The molecule has 3 aromatic rings. The number of hydrogen-bond donors (Lipinski definition) is 2. The molecule has 0 radical (unpaired) electrons. The largest absolute Gasteiger partial charge is 0.436 e. The number of rotatable bonds is 8. The molecule has 2 N–H and O–H groups in total. The van der Waals surface area contributed by atoms with Crippen molar-refractivity contribution in [2.24, 2.45) is 0 Å². The Morgan fingerprint density at radius 2 is 1.97 bits per heavy atom. The van der Waals surface area contributed by atoms with Crippen molar-refractivity contribution < 1.29 is 13.2 Å². The summed E-state index contributed by atoms with van der Waals surface area (Å²) < 4.78 is 42.7. The van der Waals surface area contributed by atoms with Gasteiger partial charge in [0, 0.05) is 25.2 Å². The average molecular weight is 497 g/mol. The van der Waals surface area contributed by atoms with Gasteiger partial charge < -0.3 is 10.6 Å². The van der Waals surface area contributed by atoms with Crippen molar-refractivity contribution in [3.8, 4) is 0 Å². The van der Waals surface area contributed by atoms with Crippen LogP contribution in [0.15, 0.2) is 36.7 Å². The molecule has 0 atom stereocenters. The minimum atomic E-state index is -4.56. The smallest absolute Gasteiger partial charge is 0.362 e. The molecule has 1 aliphatic rings. The van der Waals surface area contributed by atoms with E-state index in [1.165, 1.54) is 10.2 Å². The van der Waals surface area contributed by atoms with Gasteiger partial charge in [-0.15, -0.1) is 0 Å². The Kier molecular flexibility index (Phi) is 6.94. The Balaban J connectivity index is 1.25. The third-order valence-electron chi connectivity index (χ3n) is 5.35. The Morgan fingerprint density at radius 1 is 1.24 bits per heavy atom. The third-order valence-corrected chi connectivity index (χ3v) is 5.97. The molecule has 0 bridgehead atoms. The Morgan fingerprint density at radius 3 is 2.64 bits per heavy atom. The zero-order valence-corrected chi connectivity index (χ0v) is 19.6. The summed E-state index contributed by atoms with van der Waals surface area (Å²) >= 11 is 11.3. The van der Waals surface area contributed by atoms with Crippen molar-refractivity contribution in [2.45, 2.75) is 51.4 Å². The summed E-state index contributed by atoms with van der Waals surface area (Å²) in [6.45, 7) is 3.50. The van der Waals surface area contributed by atoms with Gasteiger partial charge >= 0.3 is 6.18 Å². The van der Waals surface area contributed by atoms with Gasteiger partial charge in [-0.05, 0) is 44.0 Å². The lowest BCUT2D eigenvalue weighted by Gasteiger charge is -2.10. The van der Waals surface area contributed by atoms with Crippen LogP contribution < -0.4 is 10.6 Å². The first kappa shape index (κ1) is 23.6. The van der Waals surface area contributed by atoms with Gasteiger partial charge in [0.2, 0.25) is 0 Å². The fourth-order valence-corrected chi connectivity index (χ4v) is 4.17. The average Bonchev–Trinajstić information content (AvgIpc) is 3.39. The zero-order valence-electron chi connectivity index (χ0n) is 18.0. The van der Waals surface area contributed by atoms with E-state index in [4.69, 9.17) is 23.8 Å². The normalized spacial score (nSPS) is 13.8. The van der Waals surface area contributed by atoms with Crippen LogP contribution in [0, 0.1) is 6.92 Å². The van der Waals surface area contributed by atoms with Gasteiger partial charge in [-0.25, -0.2) is 0 Å². The van der Waals surface area contributed by atoms with E-state index in [1.54, 1.807) is 6.20 Å². The van der Waals surface area contributed by atoms with Crippen LogP contribution in [-0.4, -0.2) is 31.2 Å². The van der Waals surface area contributed by atoms with Gasteiger partial charge in [0.05, 0.1) is 29.1 Å². The van der Waals surface area contributed by atoms with Crippen molar-refractivity contribution in [3.63, 3.8) is 0 Å². The lowest BCUT2D eigenvalue weighted by molar-refractivity contribution is -0.141. The van der Waals surface area contributed by atoms with Crippen molar-refractivity contribution in [1.29, 1.82) is 0 Å². The number of nitrogens with one attached hydrogen (secondary N) is 2. The molecule has 4 rings (SSSR count). The van der Waals surface area contributed by atoms with Gasteiger partial charge in [0.1, 0.15) is 0 Å². The predicted molar refractivity (Wildman–Crippen MR) is 126 cm³/mol. The van der Waals surface area contributed by atoms with E-state index in [0.29, 0.717) is 36.9 Å². The number of hydrogen-bond acceptors (Lipinski definition) is 3. The number of thiocarbonyl (C=S) groups is 1. The maximum Gasteiger partial charge on any atom is 0.436 e. The fourth-order valence-electron chi connectivity index (χ4n) is 3.55. The number of halogens is 4. The number of aryl methyl sites for hydroxylation is 2. The molecule has 0 amide bonds. The molecule has 0 aliphatic heterocycles. The van der Waals surface area contributed by atoms with Gasteiger partial charge in [0.25, 0.3) is 0 Å². The number of nitrogens with zero attached hydrogens (tertiary/aromatic N) is 4. The highest BCUT2D eigenvalue weighted by Gasteiger charge is 2.41. The second-order valence-corrected chi connectivity index (χ2v) is 8.98. The second kappa shape index (κ2) is 9.72. The Bertz CT molecular complexity index is 1120. The molecule has 176 valence electrons. The molecule has 2 heterocycles. The topological polar surface area (TPSA) is 59.7 Å². The SMILES string of the molecule is Cc1ccc(Cn2cc(NC(=S)NCCCn3nc(C(F)(F)F)c(Cl)c3C3CC3)cn2)cc1. The van der Waals surface area contributed by atoms with E-state index < -0.39 is 11.9 Å². The fraction of sp³-hybridized carbons (Fsp3) is 0.409. The van der Waals surface area contributed by atoms with Crippen LogP contribution in [0.25, 0.3) is 0 Å². The van der Waals surface area contributed by atoms with Gasteiger partial charge in [-0.1, -0.05) is 41.4 Å². The number of anilines is 1. The van der Waals surface area contributed by atoms with E-state index in [9.17, 15) is 13.2 Å². The van der Waals surface area contributed by atoms with Crippen LogP contribution in [0.5, 0.6) is 0 Å². The Hall–Kier alpha value is -2.59. The summed E-state index contributed by atoms with van der Waals surface area (Å²) in [4.78, 5) is 0. The molecule has 6 nitrogen and oxygen atoms in total. The zero-order chi connectivity index (χ0) is 23.6. The highest BCUT2D eigenvalue weighted by atomic mass is 35.5. The minimum Gasteiger partial charge on any atom is -0.362 e. The van der Waals surface area contributed by atoms with Crippen molar-refractivity contribution in [2.75, 3.05) is 11.9 Å². The molecule has 1 aliphatic carbocycles. The van der Waals surface area contributed by atoms with Crippen LogP contribution in [-0.2, 0) is 19.3 Å². The first-order valence-electron chi connectivity index (χ1n) is 10.7. The number of aromatic nitrogens is 4. The molecule has 1 fully saturated rings. The molecule has 0 spiro atoms. The van der Waals surface area contributed by atoms with E-state index in [0.717, 1.165) is 24.1 Å². The predicted octanol–water partition coefficient (Wildman–Crippen LogP) is 5.36. The van der Waals surface area contributed by atoms with Crippen molar-refractivity contribution >= 4 is 34.6 Å². The summed E-state index contributed by atoms with van der Waals surface area (Å²) in [5.74, 6) is 0.0632. The van der Waals surface area contributed by atoms with E-state index in [-0.39, 0.29) is 10.9 Å². The molecule has 11 heteroatoms. The monoisotopic (exact) mass is 496 g/mol. The van der Waals surface area contributed by atoms with Crippen LogP contribution in [0.4, 0.5) is 18.9 Å². The van der Waals surface area contributed by atoms with Crippen LogP contribution in [0.3, 0.4) is 0 Å². The maximum absolute atomic E-state index is 13.2. The molecule has 0 unspecified atom stereocenters. The molecule has 2 aromatic heterocycles. The first-order valence-corrected chi connectivity index (χ1v) is 11.5. The lowest BCUT2D eigenvalue weighted by Crippen LogP contribution is -2.29. The Labute approximate surface area is 200 Å². The van der Waals surface area contributed by atoms with E-state index >= 15 is 0 Å².